The largest absolute Gasteiger partial charge is 0.264 e. The minimum atomic E-state index is 0.224. The van der Waals surface area contributed by atoms with Crippen LogP contribution in [-0.2, 0) is 5.41 Å². The maximum atomic E-state index is 4.65. The number of nitrogens with zero attached hydrogens (tertiary/aromatic N) is 2. The lowest BCUT2D eigenvalue weighted by molar-refractivity contribution is 0.439. The third-order valence-electron chi connectivity index (χ3n) is 5.15. The Balaban J connectivity index is 2.13. The van der Waals surface area contributed by atoms with Gasteiger partial charge in [0.25, 0.3) is 0 Å². The third kappa shape index (κ3) is 2.98. The van der Waals surface area contributed by atoms with Gasteiger partial charge in [-0.1, -0.05) is 32.4 Å². The van der Waals surface area contributed by atoms with Gasteiger partial charge in [-0.2, -0.15) is 0 Å². The molecule has 0 fully saturated rings. The molecule has 0 saturated heterocycles. The first-order valence-electron chi connectivity index (χ1n) is 8.38. The maximum Gasteiger partial charge on any atom is 0.0708 e. The Kier molecular flexibility index (Phi) is 4.16. The quantitative estimate of drug-likeness (QED) is 0.619. The number of rotatable bonds is 4. The van der Waals surface area contributed by atoms with Gasteiger partial charge < -0.3 is 0 Å². The van der Waals surface area contributed by atoms with E-state index >= 15 is 0 Å². The van der Waals surface area contributed by atoms with Crippen LogP contribution in [0.5, 0.6) is 0 Å². The number of hydrogen-bond acceptors (Lipinski definition) is 2. The summed E-state index contributed by atoms with van der Waals surface area (Å²) in [5.74, 6) is 0. The highest BCUT2D eigenvalue weighted by atomic mass is 14.7. The van der Waals surface area contributed by atoms with E-state index in [-0.39, 0.29) is 5.41 Å². The molecule has 3 rings (SSSR count). The lowest BCUT2D eigenvalue weighted by atomic mass is 9.76. The standard InChI is InChI=1S/C21H24N2/c1-5-21(4,6-2)19-10-15(3)9-17(11-19)20-12-16-7-8-22-13-18(16)14-23-20/h7-14H,5-6H2,1-4H3. The predicted molar refractivity (Wildman–Crippen MR) is 97.6 cm³/mol. The summed E-state index contributed by atoms with van der Waals surface area (Å²) in [7, 11) is 0. The minimum absolute atomic E-state index is 0.224. The number of aromatic nitrogens is 2. The molecular formula is C21H24N2. The van der Waals surface area contributed by atoms with E-state index in [0.29, 0.717) is 0 Å². The number of benzene rings is 1. The van der Waals surface area contributed by atoms with Crippen molar-refractivity contribution in [2.24, 2.45) is 0 Å². The highest BCUT2D eigenvalue weighted by Gasteiger charge is 2.23. The highest BCUT2D eigenvalue weighted by molar-refractivity contribution is 5.84. The van der Waals surface area contributed by atoms with Crippen LogP contribution in [0.2, 0.25) is 0 Å². The van der Waals surface area contributed by atoms with Crippen LogP contribution in [0.1, 0.15) is 44.7 Å². The van der Waals surface area contributed by atoms with Gasteiger partial charge in [-0.15, -0.1) is 0 Å². The van der Waals surface area contributed by atoms with Crippen LogP contribution >= 0.6 is 0 Å². The van der Waals surface area contributed by atoms with E-state index in [1.807, 2.05) is 24.7 Å². The van der Waals surface area contributed by atoms with Gasteiger partial charge in [0.05, 0.1) is 5.69 Å². The van der Waals surface area contributed by atoms with E-state index in [1.54, 1.807) is 0 Å². The minimum Gasteiger partial charge on any atom is -0.264 e. The molecule has 2 aromatic heterocycles. The van der Waals surface area contributed by atoms with Gasteiger partial charge in [-0.25, -0.2) is 0 Å². The van der Waals surface area contributed by atoms with Crippen LogP contribution in [-0.4, -0.2) is 9.97 Å². The fraction of sp³-hybridized carbons (Fsp3) is 0.333. The number of aryl methyl sites for hydroxylation is 1. The van der Waals surface area contributed by atoms with E-state index < -0.39 is 0 Å². The van der Waals surface area contributed by atoms with E-state index in [1.165, 1.54) is 22.1 Å². The van der Waals surface area contributed by atoms with E-state index in [0.717, 1.165) is 23.9 Å². The summed E-state index contributed by atoms with van der Waals surface area (Å²) in [6.07, 6.45) is 7.89. The maximum absolute atomic E-state index is 4.65. The Morgan fingerprint density at radius 2 is 1.74 bits per heavy atom. The second-order valence-electron chi connectivity index (χ2n) is 6.65. The van der Waals surface area contributed by atoms with Crippen molar-refractivity contribution in [1.29, 1.82) is 0 Å². The molecule has 23 heavy (non-hydrogen) atoms. The van der Waals surface area contributed by atoms with Crippen molar-refractivity contribution >= 4 is 10.8 Å². The van der Waals surface area contributed by atoms with E-state index in [4.69, 9.17) is 0 Å². The van der Waals surface area contributed by atoms with Crippen LogP contribution in [0, 0.1) is 6.92 Å². The first-order chi connectivity index (χ1) is 11.1. The molecule has 0 spiro atoms. The van der Waals surface area contributed by atoms with Crippen molar-refractivity contribution < 1.29 is 0 Å². The van der Waals surface area contributed by atoms with E-state index in [2.05, 4.69) is 61.9 Å². The molecule has 2 heteroatoms. The average molecular weight is 304 g/mol. The van der Waals surface area contributed by atoms with Crippen molar-refractivity contribution in [3.05, 3.63) is 60.0 Å². The molecule has 0 aliphatic rings. The Labute approximate surface area is 138 Å². The molecule has 1 aromatic carbocycles. The number of fused-ring (bicyclic) bond motifs is 1. The Bertz CT molecular complexity index is 832. The Morgan fingerprint density at radius 3 is 2.48 bits per heavy atom. The molecule has 118 valence electrons. The summed E-state index contributed by atoms with van der Waals surface area (Å²) in [6, 6.07) is 11.1. The molecule has 0 saturated carbocycles. The molecule has 0 amide bonds. The normalized spacial score (nSPS) is 11.8. The summed E-state index contributed by atoms with van der Waals surface area (Å²) < 4.78 is 0. The second-order valence-corrected chi connectivity index (χ2v) is 6.65. The highest BCUT2D eigenvalue weighted by Crippen LogP contribution is 2.34. The molecule has 0 aliphatic heterocycles. The van der Waals surface area contributed by atoms with Crippen LogP contribution in [0.3, 0.4) is 0 Å². The molecule has 0 radical (unpaired) electrons. The van der Waals surface area contributed by atoms with Gasteiger partial charge in [-0.3, -0.25) is 9.97 Å². The molecule has 0 bridgehead atoms. The topological polar surface area (TPSA) is 25.8 Å². The van der Waals surface area contributed by atoms with Crippen LogP contribution < -0.4 is 0 Å². The molecule has 0 aliphatic carbocycles. The van der Waals surface area contributed by atoms with Gasteiger partial charge in [0.15, 0.2) is 0 Å². The Morgan fingerprint density at radius 1 is 0.957 bits per heavy atom. The predicted octanol–water partition coefficient (Wildman–Crippen LogP) is 5.68. The summed E-state index contributed by atoms with van der Waals surface area (Å²) in [4.78, 5) is 8.81. The van der Waals surface area contributed by atoms with Crippen molar-refractivity contribution in [3.63, 3.8) is 0 Å². The van der Waals surface area contributed by atoms with Gasteiger partial charge in [0, 0.05) is 29.5 Å². The summed E-state index contributed by atoms with van der Waals surface area (Å²) in [5, 5.41) is 2.26. The zero-order valence-electron chi connectivity index (χ0n) is 14.4. The first-order valence-corrected chi connectivity index (χ1v) is 8.38. The van der Waals surface area contributed by atoms with Gasteiger partial charge in [0.1, 0.15) is 0 Å². The zero-order valence-corrected chi connectivity index (χ0v) is 14.4. The summed E-state index contributed by atoms with van der Waals surface area (Å²) in [5.41, 5.74) is 5.16. The smallest absolute Gasteiger partial charge is 0.0708 e. The molecule has 2 nitrogen and oxygen atoms in total. The molecule has 3 aromatic rings. The average Bonchev–Trinajstić information content (AvgIpc) is 2.60. The summed E-state index contributed by atoms with van der Waals surface area (Å²) in [6.45, 7) is 9.06. The monoisotopic (exact) mass is 304 g/mol. The van der Waals surface area contributed by atoms with Gasteiger partial charge in [0.2, 0.25) is 0 Å². The Hall–Kier alpha value is -2.22. The summed E-state index contributed by atoms with van der Waals surface area (Å²) >= 11 is 0. The second kappa shape index (κ2) is 6.11. The van der Waals surface area contributed by atoms with Crippen molar-refractivity contribution in [2.45, 2.75) is 46.0 Å². The fourth-order valence-electron chi connectivity index (χ4n) is 3.08. The van der Waals surface area contributed by atoms with Crippen LogP contribution in [0.4, 0.5) is 0 Å². The van der Waals surface area contributed by atoms with Crippen LogP contribution in [0.25, 0.3) is 22.0 Å². The molecule has 2 heterocycles. The first kappa shape index (κ1) is 15.7. The van der Waals surface area contributed by atoms with Crippen molar-refractivity contribution in [3.8, 4) is 11.3 Å². The molecule has 0 N–H and O–H groups in total. The fourth-order valence-corrected chi connectivity index (χ4v) is 3.08. The lowest BCUT2D eigenvalue weighted by Crippen LogP contribution is -2.19. The van der Waals surface area contributed by atoms with Gasteiger partial charge >= 0.3 is 0 Å². The van der Waals surface area contributed by atoms with E-state index in [9.17, 15) is 0 Å². The molecule has 0 atom stereocenters. The van der Waals surface area contributed by atoms with Gasteiger partial charge in [-0.05, 0) is 60.4 Å². The molecular weight excluding hydrogens is 280 g/mol. The number of hydrogen-bond donors (Lipinski definition) is 0. The third-order valence-corrected chi connectivity index (χ3v) is 5.15. The lowest BCUT2D eigenvalue weighted by Gasteiger charge is -2.28. The SMILES string of the molecule is CCC(C)(CC)c1cc(C)cc(-c2cc3ccncc3cn2)c1. The van der Waals surface area contributed by atoms with Crippen LogP contribution in [0.15, 0.2) is 48.9 Å². The van der Waals surface area contributed by atoms with Crippen molar-refractivity contribution in [1.82, 2.24) is 9.97 Å². The molecule has 0 unspecified atom stereocenters. The van der Waals surface area contributed by atoms with Crippen molar-refractivity contribution in [2.75, 3.05) is 0 Å². The number of pyridine rings is 2. The zero-order chi connectivity index (χ0) is 16.4.